The molecule has 4 nitrogen and oxygen atoms in total. The number of carbonyl (C=O) groups excluding carboxylic acids is 1. The number of amides is 1. The van der Waals surface area contributed by atoms with Gasteiger partial charge in [-0.15, -0.1) is 0 Å². The van der Waals surface area contributed by atoms with E-state index in [1.165, 1.54) is 17.0 Å². The Morgan fingerprint density at radius 1 is 1.35 bits per heavy atom. The van der Waals surface area contributed by atoms with Gasteiger partial charge in [0.05, 0.1) is 6.54 Å². The summed E-state index contributed by atoms with van der Waals surface area (Å²) in [6.07, 6.45) is -4.05. The number of primary amides is 1. The molecule has 0 saturated carbocycles. The zero-order valence-electron chi connectivity index (χ0n) is 10.9. The van der Waals surface area contributed by atoms with Crippen molar-refractivity contribution in [1.82, 2.24) is 4.90 Å². The number of alkyl halides is 3. The Morgan fingerprint density at radius 2 is 2.05 bits per heavy atom. The molecule has 0 radical (unpaired) electrons. The van der Waals surface area contributed by atoms with E-state index in [4.69, 9.17) is 10.8 Å². The first-order valence-corrected chi connectivity index (χ1v) is 6.10. The van der Waals surface area contributed by atoms with Crippen LogP contribution in [0.5, 0.6) is 0 Å². The van der Waals surface area contributed by atoms with Gasteiger partial charge in [0, 0.05) is 25.3 Å². The van der Waals surface area contributed by atoms with Gasteiger partial charge < -0.3 is 10.8 Å². The Labute approximate surface area is 115 Å². The van der Waals surface area contributed by atoms with Crippen LogP contribution in [0.1, 0.15) is 22.3 Å². The fourth-order valence-electron chi connectivity index (χ4n) is 1.84. The average Bonchev–Trinajstić information content (AvgIpc) is 2.34. The van der Waals surface area contributed by atoms with E-state index in [9.17, 15) is 18.0 Å². The predicted molar refractivity (Wildman–Crippen MR) is 68.0 cm³/mol. The Kier molecular flexibility index (Phi) is 5.97. The molecule has 1 aromatic carbocycles. The van der Waals surface area contributed by atoms with Crippen LogP contribution in [-0.2, 0) is 6.54 Å². The second-order valence-corrected chi connectivity index (χ2v) is 4.47. The van der Waals surface area contributed by atoms with E-state index in [-0.39, 0.29) is 31.7 Å². The van der Waals surface area contributed by atoms with E-state index in [0.29, 0.717) is 5.56 Å². The molecule has 1 amide bonds. The lowest BCUT2D eigenvalue weighted by Crippen LogP contribution is -2.35. The molecule has 0 aromatic heterocycles. The van der Waals surface area contributed by atoms with Crippen molar-refractivity contribution in [3.8, 4) is 0 Å². The minimum Gasteiger partial charge on any atom is -0.396 e. The summed E-state index contributed by atoms with van der Waals surface area (Å²) >= 11 is 0. The summed E-state index contributed by atoms with van der Waals surface area (Å²) in [5.41, 5.74) is 5.96. The molecule has 0 aliphatic rings. The first-order chi connectivity index (χ1) is 9.31. The summed E-state index contributed by atoms with van der Waals surface area (Å²) < 4.78 is 37.4. The number of hydrogen-bond acceptors (Lipinski definition) is 3. The number of aliphatic hydroxyl groups is 1. The lowest BCUT2D eigenvalue weighted by Gasteiger charge is -2.23. The van der Waals surface area contributed by atoms with E-state index < -0.39 is 18.6 Å². The molecular formula is C13H17F3N2O2. The van der Waals surface area contributed by atoms with Crippen molar-refractivity contribution >= 4 is 5.91 Å². The fraction of sp³-hybridized carbons (Fsp3) is 0.462. The number of nitrogens with two attached hydrogens (primary N) is 1. The van der Waals surface area contributed by atoms with Gasteiger partial charge in [0.1, 0.15) is 0 Å². The van der Waals surface area contributed by atoms with Crippen molar-refractivity contribution < 1.29 is 23.1 Å². The van der Waals surface area contributed by atoms with Crippen LogP contribution in [0.25, 0.3) is 0 Å². The lowest BCUT2D eigenvalue weighted by molar-refractivity contribution is -0.147. The highest BCUT2D eigenvalue weighted by atomic mass is 19.4. The number of hydrogen-bond donors (Lipinski definition) is 2. The predicted octanol–water partition coefficient (Wildman–Crippen LogP) is 1.53. The van der Waals surface area contributed by atoms with Gasteiger partial charge in [0.2, 0.25) is 5.91 Å². The Bertz CT molecular complexity index is 449. The largest absolute Gasteiger partial charge is 0.401 e. The second kappa shape index (κ2) is 7.25. The summed E-state index contributed by atoms with van der Waals surface area (Å²) in [6.45, 7) is -1.07. The number of aliphatic hydroxyl groups excluding tert-OH is 1. The summed E-state index contributed by atoms with van der Waals surface area (Å²) in [4.78, 5) is 12.2. The van der Waals surface area contributed by atoms with Crippen LogP contribution < -0.4 is 5.73 Å². The molecule has 0 aliphatic heterocycles. The average molecular weight is 290 g/mol. The minimum absolute atomic E-state index is 0.0423. The quantitative estimate of drug-likeness (QED) is 0.800. The van der Waals surface area contributed by atoms with Crippen molar-refractivity contribution in [1.29, 1.82) is 0 Å². The van der Waals surface area contributed by atoms with Crippen LogP contribution in [-0.4, -0.2) is 41.8 Å². The van der Waals surface area contributed by atoms with E-state index in [1.54, 1.807) is 12.1 Å². The number of benzene rings is 1. The molecule has 3 N–H and O–H groups in total. The molecule has 0 heterocycles. The van der Waals surface area contributed by atoms with Gasteiger partial charge in [-0.3, -0.25) is 9.69 Å². The normalized spacial score (nSPS) is 11.8. The topological polar surface area (TPSA) is 66.6 Å². The van der Waals surface area contributed by atoms with Crippen molar-refractivity contribution in [2.24, 2.45) is 5.73 Å². The fourth-order valence-corrected chi connectivity index (χ4v) is 1.84. The third-order valence-corrected chi connectivity index (χ3v) is 2.65. The van der Waals surface area contributed by atoms with Gasteiger partial charge in [-0.05, 0) is 24.1 Å². The first-order valence-electron chi connectivity index (χ1n) is 6.10. The lowest BCUT2D eigenvalue weighted by atomic mass is 10.1. The van der Waals surface area contributed by atoms with Gasteiger partial charge in [0.25, 0.3) is 0 Å². The molecule has 1 rings (SSSR count). The molecule has 112 valence electrons. The van der Waals surface area contributed by atoms with Gasteiger partial charge in [0.15, 0.2) is 0 Å². The maximum absolute atomic E-state index is 12.5. The number of nitrogens with zero attached hydrogens (tertiary/aromatic N) is 1. The van der Waals surface area contributed by atoms with Gasteiger partial charge in [-0.25, -0.2) is 0 Å². The molecule has 0 aliphatic carbocycles. The highest BCUT2D eigenvalue weighted by molar-refractivity contribution is 5.92. The van der Waals surface area contributed by atoms with Crippen molar-refractivity contribution in [2.45, 2.75) is 19.1 Å². The molecular weight excluding hydrogens is 273 g/mol. The Hall–Kier alpha value is -1.60. The molecule has 0 spiro atoms. The maximum atomic E-state index is 12.5. The third-order valence-electron chi connectivity index (χ3n) is 2.65. The number of rotatable bonds is 7. The molecule has 20 heavy (non-hydrogen) atoms. The summed E-state index contributed by atoms with van der Waals surface area (Å²) in [6, 6.07) is 6.19. The first kappa shape index (κ1) is 16.5. The molecule has 1 aromatic rings. The molecule has 0 atom stereocenters. The van der Waals surface area contributed by atoms with E-state index in [1.807, 2.05) is 0 Å². The Morgan fingerprint density at radius 3 is 2.60 bits per heavy atom. The summed E-state index contributed by atoms with van der Waals surface area (Å²) in [5.74, 6) is -0.621. The smallest absolute Gasteiger partial charge is 0.396 e. The van der Waals surface area contributed by atoms with Crippen LogP contribution in [0.2, 0.25) is 0 Å². The zero-order chi connectivity index (χ0) is 15.2. The summed E-state index contributed by atoms with van der Waals surface area (Å²) in [7, 11) is 0. The molecule has 0 unspecified atom stereocenters. The Balaban J connectivity index is 2.77. The van der Waals surface area contributed by atoms with Gasteiger partial charge in [-0.1, -0.05) is 12.1 Å². The van der Waals surface area contributed by atoms with Crippen LogP contribution >= 0.6 is 0 Å². The van der Waals surface area contributed by atoms with Crippen LogP contribution in [0, 0.1) is 0 Å². The van der Waals surface area contributed by atoms with E-state index in [0.717, 1.165) is 0 Å². The SMILES string of the molecule is NC(=O)c1cccc(CN(CCCO)CC(F)(F)F)c1. The van der Waals surface area contributed by atoms with Crippen molar-refractivity contribution in [3.05, 3.63) is 35.4 Å². The van der Waals surface area contributed by atoms with E-state index in [2.05, 4.69) is 0 Å². The van der Waals surface area contributed by atoms with E-state index >= 15 is 0 Å². The number of carbonyl (C=O) groups is 1. The third kappa shape index (κ3) is 6.03. The molecule has 7 heteroatoms. The highest BCUT2D eigenvalue weighted by Gasteiger charge is 2.30. The zero-order valence-corrected chi connectivity index (χ0v) is 10.9. The highest BCUT2D eigenvalue weighted by Crippen LogP contribution is 2.18. The molecule has 0 bridgehead atoms. The van der Waals surface area contributed by atoms with Crippen LogP contribution in [0.15, 0.2) is 24.3 Å². The molecule has 0 saturated heterocycles. The van der Waals surface area contributed by atoms with Gasteiger partial charge >= 0.3 is 6.18 Å². The molecule has 0 fully saturated rings. The van der Waals surface area contributed by atoms with Crippen molar-refractivity contribution in [2.75, 3.05) is 19.7 Å². The minimum atomic E-state index is -4.31. The maximum Gasteiger partial charge on any atom is 0.401 e. The number of halogens is 3. The van der Waals surface area contributed by atoms with Gasteiger partial charge in [-0.2, -0.15) is 13.2 Å². The monoisotopic (exact) mass is 290 g/mol. The van der Waals surface area contributed by atoms with Crippen LogP contribution in [0.4, 0.5) is 13.2 Å². The standard InChI is InChI=1S/C13H17F3N2O2/c14-13(15,16)9-18(5-2-6-19)8-10-3-1-4-11(7-10)12(17)20/h1,3-4,7,19H,2,5-6,8-9H2,(H2,17,20). The van der Waals surface area contributed by atoms with Crippen LogP contribution in [0.3, 0.4) is 0 Å². The second-order valence-electron chi connectivity index (χ2n) is 4.47. The summed E-state index contributed by atoms with van der Waals surface area (Å²) in [5, 5.41) is 8.73. The van der Waals surface area contributed by atoms with Crippen molar-refractivity contribution in [3.63, 3.8) is 0 Å².